The highest BCUT2D eigenvalue weighted by atomic mass is 35.6. The number of ketones is 1. The smallest absolute Gasteiger partial charge is 0.313 e. The standard InChI is InChI=1S/C29H34Cl3N5O4SSi/c1-28(2,18-41-24(39)16-23(38)29(30,31)32)36-26-25-22(10-14-42(25)40)34-27(35-26)37-12-8-20(9-13-37)21-7-6-19(17-33-21)11-15-43(3,4)5/h6-8,17H,9-10,12-14,16,18H2,1-5H3,(H,34,35,36). The van der Waals surface area contributed by atoms with Crippen LogP contribution in [-0.2, 0) is 31.5 Å². The molecule has 2 aliphatic rings. The maximum absolute atomic E-state index is 12.8. The van der Waals surface area contributed by atoms with E-state index in [-0.39, 0.29) is 6.61 Å². The molecule has 0 saturated heterocycles. The fourth-order valence-corrected chi connectivity index (χ4v) is 6.34. The first kappa shape index (κ1) is 33.4. The van der Waals surface area contributed by atoms with Gasteiger partial charge in [-0.1, -0.05) is 66.4 Å². The predicted octanol–water partition coefficient (Wildman–Crippen LogP) is 5.12. The van der Waals surface area contributed by atoms with Crippen LogP contribution in [0.15, 0.2) is 29.3 Å². The second-order valence-corrected chi connectivity index (χ2v) is 20.6. The molecule has 2 aromatic rings. The van der Waals surface area contributed by atoms with Gasteiger partial charge >= 0.3 is 5.97 Å². The number of ether oxygens (including phenoxy) is 1. The number of pyridine rings is 1. The number of fused-ring (bicyclic) bond motifs is 1. The molecule has 1 atom stereocenters. The Morgan fingerprint density at radius 1 is 1.16 bits per heavy atom. The average Bonchev–Trinajstić information content (AvgIpc) is 3.31. The lowest BCUT2D eigenvalue weighted by Gasteiger charge is -2.30. The fraction of sp³-hybridized carbons (Fsp3) is 0.483. The molecule has 14 heteroatoms. The predicted molar refractivity (Wildman–Crippen MR) is 175 cm³/mol. The number of aromatic nitrogens is 3. The Kier molecular flexibility index (Phi) is 10.3. The van der Waals surface area contributed by atoms with Gasteiger partial charge in [-0.2, -0.15) is 4.98 Å². The van der Waals surface area contributed by atoms with Crippen LogP contribution in [0.4, 0.5) is 11.8 Å². The number of nitrogens with zero attached hydrogens (tertiary/aromatic N) is 4. The van der Waals surface area contributed by atoms with Gasteiger partial charge in [0.15, 0.2) is 5.78 Å². The van der Waals surface area contributed by atoms with Crippen molar-refractivity contribution >= 4 is 82.8 Å². The van der Waals surface area contributed by atoms with Crippen LogP contribution in [0.3, 0.4) is 0 Å². The summed E-state index contributed by atoms with van der Waals surface area (Å²) in [5.74, 6) is 2.97. The Morgan fingerprint density at radius 3 is 2.51 bits per heavy atom. The molecular formula is C29H34Cl3N5O4SSi. The van der Waals surface area contributed by atoms with Gasteiger partial charge in [0.1, 0.15) is 31.8 Å². The van der Waals surface area contributed by atoms with Crippen LogP contribution in [0.25, 0.3) is 5.57 Å². The van der Waals surface area contributed by atoms with Crippen molar-refractivity contribution in [1.29, 1.82) is 0 Å². The highest BCUT2D eigenvalue weighted by molar-refractivity contribution is 7.85. The van der Waals surface area contributed by atoms with Crippen LogP contribution in [0, 0.1) is 11.5 Å². The summed E-state index contributed by atoms with van der Waals surface area (Å²) in [4.78, 5) is 40.8. The molecule has 9 nitrogen and oxygen atoms in total. The van der Waals surface area contributed by atoms with Gasteiger partial charge in [0.25, 0.3) is 0 Å². The molecule has 0 aromatic carbocycles. The normalized spacial score (nSPS) is 17.0. The number of esters is 1. The summed E-state index contributed by atoms with van der Waals surface area (Å²) in [6.07, 6.45) is 4.63. The minimum absolute atomic E-state index is 0.106. The van der Waals surface area contributed by atoms with Crippen molar-refractivity contribution < 1.29 is 18.5 Å². The number of anilines is 2. The molecule has 1 unspecified atom stereocenters. The highest BCUT2D eigenvalue weighted by Gasteiger charge is 2.34. The zero-order chi connectivity index (χ0) is 31.6. The first-order valence-electron chi connectivity index (χ1n) is 13.8. The minimum Gasteiger partial charge on any atom is -0.463 e. The fourth-order valence-electron chi connectivity index (χ4n) is 4.31. The molecule has 4 rings (SSSR count). The molecule has 0 bridgehead atoms. The highest BCUT2D eigenvalue weighted by Crippen LogP contribution is 2.33. The molecule has 43 heavy (non-hydrogen) atoms. The zero-order valence-corrected chi connectivity index (χ0v) is 28.8. The number of Topliss-reactive ketones (excluding diaryl/α,β-unsaturated/α-hetero) is 1. The molecule has 4 heterocycles. The number of hydrogen-bond donors (Lipinski definition) is 1. The average molecular weight is 683 g/mol. The van der Waals surface area contributed by atoms with E-state index in [1.165, 1.54) is 0 Å². The molecular weight excluding hydrogens is 649 g/mol. The third-order valence-corrected chi connectivity index (χ3v) is 9.48. The van der Waals surface area contributed by atoms with Crippen LogP contribution in [0.2, 0.25) is 19.6 Å². The van der Waals surface area contributed by atoms with Crippen molar-refractivity contribution in [1.82, 2.24) is 15.0 Å². The maximum Gasteiger partial charge on any atom is 0.313 e. The number of halogens is 3. The first-order valence-corrected chi connectivity index (χ1v) is 19.7. The van der Waals surface area contributed by atoms with E-state index in [9.17, 15) is 13.8 Å². The molecule has 2 aliphatic heterocycles. The van der Waals surface area contributed by atoms with Gasteiger partial charge in [-0.15, -0.1) is 5.54 Å². The van der Waals surface area contributed by atoms with E-state index in [4.69, 9.17) is 49.5 Å². The third kappa shape index (κ3) is 9.25. The molecule has 0 amide bonds. The van der Waals surface area contributed by atoms with E-state index < -0.39 is 46.4 Å². The van der Waals surface area contributed by atoms with Gasteiger partial charge in [-0.3, -0.25) is 18.8 Å². The Bertz CT molecular complexity index is 1530. The Morgan fingerprint density at radius 2 is 1.91 bits per heavy atom. The van der Waals surface area contributed by atoms with Gasteiger partial charge in [0, 0.05) is 37.0 Å². The monoisotopic (exact) mass is 681 g/mol. The molecule has 0 aliphatic carbocycles. The summed E-state index contributed by atoms with van der Waals surface area (Å²) in [6.45, 7) is 11.4. The zero-order valence-electron chi connectivity index (χ0n) is 24.7. The maximum atomic E-state index is 12.8. The quantitative estimate of drug-likeness (QED) is 0.133. The lowest BCUT2D eigenvalue weighted by Crippen LogP contribution is -2.39. The Balaban J connectivity index is 1.46. The van der Waals surface area contributed by atoms with E-state index in [1.54, 1.807) is 13.8 Å². The molecule has 2 aromatic heterocycles. The molecule has 230 valence electrons. The second kappa shape index (κ2) is 13.2. The largest absolute Gasteiger partial charge is 0.463 e. The van der Waals surface area contributed by atoms with Crippen molar-refractivity contribution in [3.8, 4) is 11.5 Å². The van der Waals surface area contributed by atoms with Crippen molar-refractivity contribution in [3.63, 3.8) is 0 Å². The number of alkyl halides is 3. The van der Waals surface area contributed by atoms with E-state index in [1.807, 2.05) is 18.3 Å². The summed E-state index contributed by atoms with van der Waals surface area (Å²) in [5.41, 5.74) is 6.28. The third-order valence-electron chi connectivity index (χ3n) is 6.51. The number of carbonyl (C=O) groups is 2. The van der Waals surface area contributed by atoms with Crippen molar-refractivity contribution in [2.75, 3.05) is 35.7 Å². The Labute approximate surface area is 270 Å². The summed E-state index contributed by atoms with van der Waals surface area (Å²) >= 11 is 16.6. The molecule has 0 spiro atoms. The number of aryl methyl sites for hydroxylation is 1. The number of carbonyl (C=O) groups excluding carboxylic acids is 2. The summed E-state index contributed by atoms with van der Waals surface area (Å²) in [5, 5.41) is 3.28. The van der Waals surface area contributed by atoms with Crippen molar-refractivity contribution in [2.24, 2.45) is 0 Å². The van der Waals surface area contributed by atoms with Gasteiger partial charge in [-0.05, 0) is 38.0 Å². The summed E-state index contributed by atoms with van der Waals surface area (Å²) in [6, 6.07) is 4.03. The number of rotatable bonds is 8. The van der Waals surface area contributed by atoms with Crippen LogP contribution < -0.4 is 10.2 Å². The first-order chi connectivity index (χ1) is 20.0. The SMILES string of the molecule is CC(C)(COC(=O)CC(=O)C(Cl)(Cl)Cl)Nc1nc(N2CC=C(c3ccc(C#C[Si](C)(C)C)cn3)CC2)nc2c1S(=O)CC2. The lowest BCUT2D eigenvalue weighted by atomic mass is 10.0. The summed E-state index contributed by atoms with van der Waals surface area (Å²) < 4.78 is 15.9. The van der Waals surface area contributed by atoms with E-state index in [2.05, 4.69) is 52.4 Å². The molecule has 0 saturated carbocycles. The van der Waals surface area contributed by atoms with Crippen molar-refractivity contribution in [2.45, 2.75) is 67.0 Å². The topological polar surface area (TPSA) is 114 Å². The number of nitrogens with one attached hydrogen (secondary N) is 1. The van der Waals surface area contributed by atoms with E-state index in [0.29, 0.717) is 41.9 Å². The van der Waals surface area contributed by atoms with Crippen LogP contribution >= 0.6 is 34.8 Å². The summed E-state index contributed by atoms with van der Waals surface area (Å²) in [7, 11) is -2.71. The molecule has 0 fully saturated rings. The van der Waals surface area contributed by atoms with E-state index in [0.717, 1.165) is 28.9 Å². The minimum atomic E-state index is -2.19. The van der Waals surface area contributed by atoms with Crippen molar-refractivity contribution in [3.05, 3.63) is 41.4 Å². The van der Waals surface area contributed by atoms with Crippen LogP contribution in [-0.4, -0.2) is 73.8 Å². The Hall–Kier alpha value is -2.49. The van der Waals surface area contributed by atoms with Gasteiger partial charge in [0.05, 0.1) is 27.7 Å². The van der Waals surface area contributed by atoms with Crippen LogP contribution in [0.1, 0.15) is 43.6 Å². The number of hydrogen-bond acceptors (Lipinski definition) is 9. The lowest BCUT2D eigenvalue weighted by molar-refractivity contribution is -0.147. The van der Waals surface area contributed by atoms with Gasteiger partial charge in [0.2, 0.25) is 9.74 Å². The van der Waals surface area contributed by atoms with E-state index >= 15 is 0 Å². The van der Waals surface area contributed by atoms with Gasteiger partial charge < -0.3 is 15.0 Å². The van der Waals surface area contributed by atoms with Crippen LogP contribution in [0.5, 0.6) is 0 Å². The molecule has 0 radical (unpaired) electrons. The second-order valence-electron chi connectivity index (χ2n) is 12.1. The van der Waals surface area contributed by atoms with Gasteiger partial charge in [-0.25, -0.2) is 4.98 Å². The molecule has 1 N–H and O–H groups in total.